The molecule has 1 N–H and O–H groups in total. The Kier molecular flexibility index (Phi) is 7.58. The largest absolute Gasteiger partial charge is 0.457 e. The summed E-state index contributed by atoms with van der Waals surface area (Å²) in [5.41, 5.74) is 4.91. The number of rotatable bonds is 8. The predicted molar refractivity (Wildman–Crippen MR) is 116 cm³/mol. The maximum absolute atomic E-state index is 11.7. The molecule has 1 aromatic rings. The van der Waals surface area contributed by atoms with Gasteiger partial charge in [-0.1, -0.05) is 30.9 Å². The van der Waals surface area contributed by atoms with Crippen LogP contribution in [-0.2, 0) is 17.8 Å². The van der Waals surface area contributed by atoms with Gasteiger partial charge in [0.25, 0.3) is 0 Å². The molecule has 1 aromatic carbocycles. The fourth-order valence-electron chi connectivity index (χ4n) is 4.01. The third-order valence-electron chi connectivity index (χ3n) is 5.95. The number of hydrogen-bond donors (Lipinski definition) is 1. The first-order chi connectivity index (χ1) is 14.5. The van der Waals surface area contributed by atoms with Crippen LogP contribution in [-0.4, -0.2) is 66.2 Å². The highest BCUT2D eigenvalue weighted by Gasteiger charge is 2.24. The van der Waals surface area contributed by atoms with Crippen LogP contribution in [0.15, 0.2) is 48.6 Å². The van der Waals surface area contributed by atoms with E-state index in [2.05, 4.69) is 29.4 Å². The molecule has 6 nitrogen and oxygen atoms in total. The Morgan fingerprint density at radius 2 is 2.07 bits per heavy atom. The van der Waals surface area contributed by atoms with Crippen LogP contribution in [0.4, 0.5) is 0 Å². The van der Waals surface area contributed by atoms with Crippen molar-refractivity contribution in [2.75, 3.05) is 39.3 Å². The summed E-state index contributed by atoms with van der Waals surface area (Å²) in [6.07, 6.45) is 6.71. The van der Waals surface area contributed by atoms with E-state index < -0.39 is 6.10 Å². The first kappa shape index (κ1) is 22.0. The van der Waals surface area contributed by atoms with Gasteiger partial charge in [0.05, 0.1) is 17.7 Å². The normalized spacial score (nSPS) is 18.8. The third kappa shape index (κ3) is 5.25. The van der Waals surface area contributed by atoms with Gasteiger partial charge in [-0.05, 0) is 36.1 Å². The van der Waals surface area contributed by atoms with Gasteiger partial charge in [-0.25, -0.2) is 4.79 Å². The minimum Gasteiger partial charge on any atom is -0.457 e. The lowest BCUT2D eigenvalue weighted by Crippen LogP contribution is -2.49. The Balaban J connectivity index is 1.47. The zero-order valence-electron chi connectivity index (χ0n) is 17.5. The fraction of sp³-hybridized carbons (Fsp3) is 0.417. The topological polar surface area (TPSA) is 76.8 Å². The zero-order valence-corrected chi connectivity index (χ0v) is 17.5. The molecule has 1 fully saturated rings. The Morgan fingerprint density at radius 1 is 1.33 bits per heavy atom. The first-order valence-electron chi connectivity index (χ1n) is 10.3. The molecule has 2 aliphatic heterocycles. The van der Waals surface area contributed by atoms with E-state index in [0.717, 1.165) is 50.3 Å². The van der Waals surface area contributed by atoms with Crippen molar-refractivity contribution in [2.24, 2.45) is 0 Å². The number of nitrogens with zero attached hydrogens (tertiary/aromatic N) is 3. The second kappa shape index (κ2) is 10.4. The number of nitriles is 1. The summed E-state index contributed by atoms with van der Waals surface area (Å²) in [4.78, 5) is 16.4. The standard InChI is InChI=1S/C24H29N3O3/c1-3-19(6-4-5-10-25)23(28)16-27-14-12-26(13-15-27)11-9-20-7-8-21-22(18(20)2)17-30-24(21)29/h3-8,23,28H,1,9,11-17H2,2H3/b5-4+,19-6+. The molecular formula is C24H29N3O3. The summed E-state index contributed by atoms with van der Waals surface area (Å²) in [7, 11) is 0. The maximum Gasteiger partial charge on any atom is 0.338 e. The molecule has 3 rings (SSSR count). The van der Waals surface area contributed by atoms with Gasteiger partial charge in [-0.15, -0.1) is 0 Å². The SMILES string of the molecule is C=C/C(=C\C=C\C#N)C(O)CN1CCN(CCc2ccc3c(c2C)COC3=O)CC1. The number of aliphatic hydroxyl groups excluding tert-OH is 1. The third-order valence-corrected chi connectivity index (χ3v) is 5.95. The number of fused-ring (bicyclic) bond motifs is 1. The predicted octanol–water partition coefficient (Wildman–Crippen LogP) is 2.38. The second-order valence-corrected chi connectivity index (χ2v) is 7.72. The molecule has 2 heterocycles. The van der Waals surface area contributed by atoms with Crippen molar-refractivity contribution in [3.8, 4) is 6.07 Å². The van der Waals surface area contributed by atoms with Crippen LogP contribution in [0.1, 0.15) is 27.0 Å². The molecule has 0 saturated carbocycles. The summed E-state index contributed by atoms with van der Waals surface area (Å²) in [5, 5.41) is 19.0. The number of benzene rings is 1. The Labute approximate surface area is 178 Å². The van der Waals surface area contributed by atoms with Gasteiger partial charge in [0.15, 0.2) is 0 Å². The van der Waals surface area contributed by atoms with Crippen molar-refractivity contribution in [2.45, 2.75) is 26.1 Å². The number of ether oxygens (including phenoxy) is 1. The van der Waals surface area contributed by atoms with Gasteiger partial charge >= 0.3 is 5.97 Å². The summed E-state index contributed by atoms with van der Waals surface area (Å²) in [5.74, 6) is -0.214. The lowest BCUT2D eigenvalue weighted by atomic mass is 9.96. The zero-order chi connectivity index (χ0) is 21.5. The molecule has 0 aromatic heterocycles. The van der Waals surface area contributed by atoms with Crippen molar-refractivity contribution < 1.29 is 14.6 Å². The van der Waals surface area contributed by atoms with Crippen LogP contribution >= 0.6 is 0 Å². The molecule has 0 radical (unpaired) electrons. The highest BCUT2D eigenvalue weighted by Crippen LogP contribution is 2.26. The van der Waals surface area contributed by atoms with Gasteiger partial charge in [0.1, 0.15) is 6.61 Å². The average Bonchev–Trinajstić information content (AvgIpc) is 3.13. The molecular weight excluding hydrogens is 378 g/mol. The van der Waals surface area contributed by atoms with E-state index in [9.17, 15) is 9.90 Å². The Bertz CT molecular complexity index is 890. The van der Waals surface area contributed by atoms with Crippen molar-refractivity contribution in [1.82, 2.24) is 9.80 Å². The molecule has 30 heavy (non-hydrogen) atoms. The van der Waals surface area contributed by atoms with Gasteiger partial charge in [-0.2, -0.15) is 5.26 Å². The fourth-order valence-corrected chi connectivity index (χ4v) is 4.01. The quantitative estimate of drug-likeness (QED) is 0.405. The van der Waals surface area contributed by atoms with Crippen LogP contribution in [0.5, 0.6) is 0 Å². The number of piperazine rings is 1. The number of β-amino-alcohol motifs (C(OH)–C–C–N with tert-alkyl or cyclic N) is 1. The Morgan fingerprint density at radius 3 is 2.77 bits per heavy atom. The molecule has 1 unspecified atom stereocenters. The summed E-state index contributed by atoms with van der Waals surface area (Å²) in [6.45, 7) is 11.5. The minimum atomic E-state index is -0.614. The number of cyclic esters (lactones) is 1. The van der Waals surface area contributed by atoms with E-state index >= 15 is 0 Å². The second-order valence-electron chi connectivity index (χ2n) is 7.72. The van der Waals surface area contributed by atoms with E-state index in [1.54, 1.807) is 18.2 Å². The van der Waals surface area contributed by atoms with E-state index in [4.69, 9.17) is 10.00 Å². The molecule has 0 spiro atoms. The maximum atomic E-state index is 11.7. The van der Waals surface area contributed by atoms with Gasteiger partial charge in [0.2, 0.25) is 0 Å². The van der Waals surface area contributed by atoms with E-state index in [1.165, 1.54) is 17.2 Å². The molecule has 0 amide bonds. The van der Waals surface area contributed by atoms with Crippen LogP contribution in [0.2, 0.25) is 0 Å². The molecule has 0 bridgehead atoms. The summed E-state index contributed by atoms with van der Waals surface area (Å²) in [6, 6.07) is 5.88. The van der Waals surface area contributed by atoms with E-state index in [-0.39, 0.29) is 5.97 Å². The molecule has 158 valence electrons. The number of esters is 1. The van der Waals surface area contributed by atoms with Crippen molar-refractivity contribution in [3.05, 3.63) is 70.8 Å². The first-order valence-corrected chi connectivity index (χ1v) is 10.3. The monoisotopic (exact) mass is 407 g/mol. The highest BCUT2D eigenvalue weighted by atomic mass is 16.5. The molecule has 0 aliphatic carbocycles. The average molecular weight is 408 g/mol. The van der Waals surface area contributed by atoms with Crippen LogP contribution in [0, 0.1) is 18.3 Å². The number of aliphatic hydroxyl groups is 1. The van der Waals surface area contributed by atoms with Crippen molar-refractivity contribution in [1.29, 1.82) is 5.26 Å². The molecule has 6 heteroatoms. The molecule has 1 atom stereocenters. The van der Waals surface area contributed by atoms with Crippen LogP contribution in [0.3, 0.4) is 0 Å². The summed E-state index contributed by atoms with van der Waals surface area (Å²) < 4.78 is 5.15. The summed E-state index contributed by atoms with van der Waals surface area (Å²) >= 11 is 0. The van der Waals surface area contributed by atoms with Crippen molar-refractivity contribution >= 4 is 5.97 Å². The molecule has 1 saturated heterocycles. The van der Waals surface area contributed by atoms with Crippen molar-refractivity contribution in [3.63, 3.8) is 0 Å². The van der Waals surface area contributed by atoms with Gasteiger partial charge < -0.3 is 14.7 Å². The van der Waals surface area contributed by atoms with Crippen LogP contribution < -0.4 is 0 Å². The number of hydrogen-bond acceptors (Lipinski definition) is 6. The van der Waals surface area contributed by atoms with Gasteiger partial charge in [0, 0.05) is 50.9 Å². The number of carbonyl (C=O) groups is 1. The highest BCUT2D eigenvalue weighted by molar-refractivity contribution is 5.93. The van der Waals surface area contributed by atoms with E-state index in [0.29, 0.717) is 18.7 Å². The Hall–Kier alpha value is -2.72. The van der Waals surface area contributed by atoms with Crippen LogP contribution in [0.25, 0.3) is 0 Å². The number of carbonyl (C=O) groups excluding carboxylic acids is 1. The minimum absolute atomic E-state index is 0.214. The lowest BCUT2D eigenvalue weighted by molar-refractivity contribution is 0.0535. The smallest absolute Gasteiger partial charge is 0.338 e. The lowest BCUT2D eigenvalue weighted by Gasteiger charge is -2.35. The number of allylic oxidation sites excluding steroid dienone is 3. The van der Waals surface area contributed by atoms with E-state index in [1.807, 2.05) is 12.1 Å². The van der Waals surface area contributed by atoms with Gasteiger partial charge in [-0.3, -0.25) is 4.90 Å². The molecule has 2 aliphatic rings.